The first-order chi connectivity index (χ1) is 8.28. The van der Waals surface area contributed by atoms with Gasteiger partial charge in [-0.1, -0.05) is 20.8 Å². The van der Waals surface area contributed by atoms with Crippen molar-refractivity contribution in [3.8, 4) is 0 Å². The maximum absolute atomic E-state index is 6.57. The fraction of sp³-hybridized carbons (Fsp3) is 0.800. The second-order valence-corrected chi connectivity index (χ2v) is 8.10. The van der Waals surface area contributed by atoms with E-state index in [1.54, 1.807) is 11.3 Å². The molecule has 102 valence electrons. The molecule has 0 aliphatic heterocycles. The van der Waals surface area contributed by atoms with Crippen LogP contribution in [-0.4, -0.2) is 10.5 Å². The lowest BCUT2D eigenvalue weighted by molar-refractivity contribution is 0.133. The largest absolute Gasteiger partial charge is 0.325 e. The smallest absolute Gasteiger partial charge is 0.0897 e. The molecule has 2 nitrogen and oxygen atoms in total. The van der Waals surface area contributed by atoms with Crippen molar-refractivity contribution < 1.29 is 0 Å². The first-order valence-corrected chi connectivity index (χ1v) is 7.86. The third kappa shape index (κ3) is 3.33. The van der Waals surface area contributed by atoms with Crippen LogP contribution in [0.15, 0.2) is 5.38 Å². The molecule has 1 saturated carbocycles. The zero-order valence-electron chi connectivity index (χ0n) is 12.1. The molecule has 3 heteroatoms. The van der Waals surface area contributed by atoms with Crippen LogP contribution in [0, 0.1) is 18.3 Å². The van der Waals surface area contributed by atoms with E-state index in [2.05, 4.69) is 38.1 Å². The Balaban J connectivity index is 1.95. The topological polar surface area (TPSA) is 38.9 Å². The Labute approximate surface area is 115 Å². The Morgan fingerprint density at radius 2 is 2.00 bits per heavy atom. The highest BCUT2D eigenvalue weighted by Crippen LogP contribution is 2.41. The van der Waals surface area contributed by atoms with Gasteiger partial charge in [0.2, 0.25) is 0 Å². The van der Waals surface area contributed by atoms with Crippen LogP contribution in [0.5, 0.6) is 0 Å². The normalized spacial score (nSPS) is 29.5. The van der Waals surface area contributed by atoms with Crippen LogP contribution in [0.3, 0.4) is 0 Å². The van der Waals surface area contributed by atoms with Gasteiger partial charge in [-0.3, -0.25) is 0 Å². The highest BCUT2D eigenvalue weighted by atomic mass is 32.1. The number of aryl methyl sites for hydroxylation is 1. The third-order valence-electron chi connectivity index (χ3n) is 4.41. The Hall–Kier alpha value is -0.410. The van der Waals surface area contributed by atoms with E-state index in [1.165, 1.54) is 18.5 Å². The van der Waals surface area contributed by atoms with Crippen molar-refractivity contribution in [1.29, 1.82) is 0 Å². The van der Waals surface area contributed by atoms with Crippen LogP contribution in [0.2, 0.25) is 0 Å². The van der Waals surface area contributed by atoms with Gasteiger partial charge in [0.25, 0.3) is 0 Å². The summed E-state index contributed by atoms with van der Waals surface area (Å²) in [6, 6.07) is 0. The molecule has 0 aromatic carbocycles. The van der Waals surface area contributed by atoms with Gasteiger partial charge >= 0.3 is 0 Å². The summed E-state index contributed by atoms with van der Waals surface area (Å²) in [7, 11) is 0. The summed E-state index contributed by atoms with van der Waals surface area (Å²) < 4.78 is 0. The Morgan fingerprint density at radius 1 is 1.39 bits per heavy atom. The number of aromatic nitrogens is 1. The highest BCUT2D eigenvalue weighted by Gasteiger charge is 2.36. The molecule has 1 aromatic rings. The van der Waals surface area contributed by atoms with E-state index in [4.69, 9.17) is 5.73 Å². The van der Waals surface area contributed by atoms with Gasteiger partial charge in [0.15, 0.2) is 0 Å². The lowest BCUT2D eigenvalue weighted by atomic mass is 9.66. The van der Waals surface area contributed by atoms with Gasteiger partial charge < -0.3 is 5.73 Å². The summed E-state index contributed by atoms with van der Waals surface area (Å²) in [5.74, 6) is 0.825. The van der Waals surface area contributed by atoms with Crippen molar-refractivity contribution in [2.24, 2.45) is 17.1 Å². The van der Waals surface area contributed by atoms with Gasteiger partial charge in [-0.25, -0.2) is 4.98 Å². The molecule has 0 bridgehead atoms. The first kappa shape index (κ1) is 14.0. The van der Waals surface area contributed by atoms with Crippen LogP contribution in [0.4, 0.5) is 0 Å². The molecule has 2 N–H and O–H groups in total. The molecule has 0 atom stereocenters. The van der Waals surface area contributed by atoms with Gasteiger partial charge in [0.1, 0.15) is 0 Å². The van der Waals surface area contributed by atoms with Gasteiger partial charge in [-0.15, -0.1) is 11.3 Å². The molecular formula is C15H26N2S. The quantitative estimate of drug-likeness (QED) is 0.881. The second-order valence-electron chi connectivity index (χ2n) is 7.04. The third-order valence-corrected chi connectivity index (χ3v) is 5.23. The summed E-state index contributed by atoms with van der Waals surface area (Å²) in [4.78, 5) is 4.56. The lowest BCUT2D eigenvalue weighted by Crippen LogP contribution is -2.46. The van der Waals surface area contributed by atoms with Gasteiger partial charge in [-0.2, -0.15) is 0 Å². The van der Waals surface area contributed by atoms with Crippen molar-refractivity contribution >= 4 is 11.3 Å². The van der Waals surface area contributed by atoms with Gasteiger partial charge in [-0.05, 0) is 43.9 Å². The summed E-state index contributed by atoms with van der Waals surface area (Å²) in [5, 5.41) is 3.32. The van der Waals surface area contributed by atoms with E-state index in [0.29, 0.717) is 5.41 Å². The number of thiazole rings is 1. The molecule has 0 saturated heterocycles. The van der Waals surface area contributed by atoms with Crippen LogP contribution >= 0.6 is 11.3 Å². The standard InChI is InChI=1S/C15H26N2S/c1-11-17-13(10-18-11)9-15(16)7-5-12(6-8-15)14(2,3)4/h10,12H,5-9,16H2,1-4H3. The van der Waals surface area contributed by atoms with Crippen molar-refractivity contribution in [1.82, 2.24) is 4.98 Å². The van der Waals surface area contributed by atoms with Crippen LogP contribution < -0.4 is 5.73 Å². The molecule has 1 aromatic heterocycles. The molecule has 0 unspecified atom stereocenters. The van der Waals surface area contributed by atoms with Crippen molar-refractivity contribution in [2.45, 2.75) is 65.3 Å². The Morgan fingerprint density at radius 3 is 2.44 bits per heavy atom. The van der Waals surface area contributed by atoms with Crippen LogP contribution in [-0.2, 0) is 6.42 Å². The molecule has 1 aliphatic rings. The lowest BCUT2D eigenvalue weighted by Gasteiger charge is -2.42. The maximum atomic E-state index is 6.57. The Bertz CT molecular complexity index is 395. The number of nitrogens with zero attached hydrogens (tertiary/aromatic N) is 1. The molecule has 2 rings (SSSR count). The van der Waals surface area contributed by atoms with E-state index in [9.17, 15) is 0 Å². The molecule has 1 heterocycles. The summed E-state index contributed by atoms with van der Waals surface area (Å²) in [6.45, 7) is 9.12. The molecule has 18 heavy (non-hydrogen) atoms. The zero-order chi connectivity index (χ0) is 13.4. The van der Waals surface area contributed by atoms with Gasteiger partial charge in [0, 0.05) is 17.3 Å². The minimum Gasteiger partial charge on any atom is -0.325 e. The van der Waals surface area contributed by atoms with E-state index in [-0.39, 0.29) is 5.54 Å². The maximum Gasteiger partial charge on any atom is 0.0897 e. The first-order valence-electron chi connectivity index (χ1n) is 6.98. The van der Waals surface area contributed by atoms with E-state index < -0.39 is 0 Å². The van der Waals surface area contributed by atoms with E-state index in [1.807, 2.05) is 0 Å². The average molecular weight is 266 g/mol. The predicted molar refractivity (Wildman–Crippen MR) is 78.9 cm³/mol. The van der Waals surface area contributed by atoms with E-state index >= 15 is 0 Å². The summed E-state index contributed by atoms with van der Waals surface area (Å²) in [6.07, 6.45) is 5.78. The molecule has 0 radical (unpaired) electrons. The summed E-state index contributed by atoms with van der Waals surface area (Å²) in [5.41, 5.74) is 8.18. The second kappa shape index (κ2) is 4.93. The summed E-state index contributed by atoms with van der Waals surface area (Å²) >= 11 is 1.73. The molecular weight excluding hydrogens is 240 g/mol. The minimum atomic E-state index is -0.0116. The average Bonchev–Trinajstić information content (AvgIpc) is 2.62. The van der Waals surface area contributed by atoms with Crippen LogP contribution in [0.25, 0.3) is 0 Å². The number of hydrogen-bond donors (Lipinski definition) is 1. The number of hydrogen-bond acceptors (Lipinski definition) is 3. The fourth-order valence-electron chi connectivity index (χ4n) is 3.09. The predicted octanol–water partition coefficient (Wildman–Crippen LogP) is 3.93. The van der Waals surface area contributed by atoms with Crippen LogP contribution in [0.1, 0.15) is 57.2 Å². The molecule has 1 aliphatic carbocycles. The van der Waals surface area contributed by atoms with Gasteiger partial charge in [0.05, 0.1) is 10.7 Å². The molecule has 1 fully saturated rings. The Kier molecular flexibility index (Phi) is 3.84. The number of rotatable bonds is 2. The van der Waals surface area contributed by atoms with Crippen molar-refractivity contribution in [3.05, 3.63) is 16.1 Å². The highest BCUT2D eigenvalue weighted by molar-refractivity contribution is 7.09. The van der Waals surface area contributed by atoms with Crippen molar-refractivity contribution in [2.75, 3.05) is 0 Å². The molecule has 0 amide bonds. The monoisotopic (exact) mass is 266 g/mol. The number of nitrogens with two attached hydrogens (primary N) is 1. The molecule has 0 spiro atoms. The minimum absolute atomic E-state index is 0.0116. The fourth-order valence-corrected chi connectivity index (χ4v) is 3.70. The zero-order valence-corrected chi connectivity index (χ0v) is 12.9. The van der Waals surface area contributed by atoms with Crippen molar-refractivity contribution in [3.63, 3.8) is 0 Å². The SMILES string of the molecule is Cc1nc(CC2(N)CCC(C(C)(C)C)CC2)cs1. The van der Waals surface area contributed by atoms with E-state index in [0.717, 1.165) is 30.2 Å².